The molecule has 0 fully saturated rings. The van der Waals surface area contributed by atoms with E-state index in [2.05, 4.69) is 0 Å². The maximum atomic E-state index is 13.7. The molecule has 0 saturated heterocycles. The van der Waals surface area contributed by atoms with Crippen molar-refractivity contribution >= 4 is 27.3 Å². The van der Waals surface area contributed by atoms with E-state index in [0.29, 0.717) is 11.3 Å². The topological polar surface area (TPSA) is 63.4 Å². The van der Waals surface area contributed by atoms with E-state index in [-0.39, 0.29) is 15.5 Å². The summed E-state index contributed by atoms with van der Waals surface area (Å²) in [6.07, 6.45) is 0. The third-order valence-corrected chi connectivity index (χ3v) is 5.75. The molecule has 1 atom stereocenters. The van der Waals surface area contributed by atoms with Crippen LogP contribution in [0.15, 0.2) is 41.3 Å². The van der Waals surface area contributed by atoms with E-state index in [1.165, 1.54) is 7.05 Å². The van der Waals surface area contributed by atoms with E-state index in [1.54, 1.807) is 24.3 Å². The van der Waals surface area contributed by atoms with Gasteiger partial charge in [-0.05, 0) is 29.3 Å². The van der Waals surface area contributed by atoms with Gasteiger partial charge in [0.1, 0.15) is 5.82 Å². The maximum Gasteiger partial charge on any atom is 0.264 e. The first-order valence-corrected chi connectivity index (χ1v) is 7.98. The summed E-state index contributed by atoms with van der Waals surface area (Å²) in [5.41, 5.74) is 7.45. The van der Waals surface area contributed by atoms with E-state index < -0.39 is 21.9 Å². The first-order chi connectivity index (χ1) is 9.84. The Labute approximate surface area is 127 Å². The zero-order valence-corrected chi connectivity index (χ0v) is 12.6. The summed E-state index contributed by atoms with van der Waals surface area (Å²) < 4.78 is 40.3. The molecule has 1 aliphatic heterocycles. The Bertz CT molecular complexity index is 839. The number of sulfonamides is 1. The van der Waals surface area contributed by atoms with Crippen molar-refractivity contribution < 1.29 is 12.8 Å². The van der Waals surface area contributed by atoms with Gasteiger partial charge in [0.15, 0.2) is 0 Å². The van der Waals surface area contributed by atoms with Crippen LogP contribution in [0.1, 0.15) is 17.2 Å². The van der Waals surface area contributed by atoms with Crippen LogP contribution in [0.5, 0.6) is 0 Å². The van der Waals surface area contributed by atoms with E-state index in [4.69, 9.17) is 17.3 Å². The molecule has 0 amide bonds. The smallest absolute Gasteiger partial charge is 0.264 e. The number of benzene rings is 2. The van der Waals surface area contributed by atoms with Crippen LogP contribution in [0, 0.1) is 5.82 Å². The standard InChI is InChI=1S/C14H12ClFN2O2S/c1-18-12-5-3-2-4-8(12)14(17)9-6-11(16)10(15)7-13(9)21(18,19)20/h2-7,14H,17H2,1H3. The second-order valence-corrected chi connectivity index (χ2v) is 7.16. The number of nitrogens with two attached hydrogens (primary N) is 1. The highest BCUT2D eigenvalue weighted by Crippen LogP contribution is 2.40. The van der Waals surface area contributed by atoms with E-state index >= 15 is 0 Å². The van der Waals surface area contributed by atoms with Gasteiger partial charge in [-0.1, -0.05) is 29.8 Å². The van der Waals surface area contributed by atoms with Crippen LogP contribution in [0.25, 0.3) is 0 Å². The zero-order chi connectivity index (χ0) is 15.4. The van der Waals surface area contributed by atoms with Gasteiger partial charge in [0, 0.05) is 7.05 Å². The lowest BCUT2D eigenvalue weighted by Crippen LogP contribution is -2.26. The average Bonchev–Trinajstić information content (AvgIpc) is 2.52. The lowest BCUT2D eigenvalue weighted by atomic mass is 9.98. The van der Waals surface area contributed by atoms with Gasteiger partial charge in [-0.25, -0.2) is 12.8 Å². The van der Waals surface area contributed by atoms with E-state index in [0.717, 1.165) is 16.4 Å². The van der Waals surface area contributed by atoms with E-state index in [9.17, 15) is 12.8 Å². The molecular formula is C14H12ClFN2O2S. The molecule has 1 aliphatic rings. The fourth-order valence-corrected chi connectivity index (χ4v) is 4.19. The van der Waals surface area contributed by atoms with Crippen molar-refractivity contribution in [2.24, 2.45) is 5.73 Å². The molecule has 0 spiro atoms. The number of para-hydroxylation sites is 1. The van der Waals surface area contributed by atoms with Crippen LogP contribution in [-0.4, -0.2) is 15.5 Å². The van der Waals surface area contributed by atoms with Crippen molar-refractivity contribution in [2.45, 2.75) is 10.9 Å². The molecule has 2 aromatic rings. The molecule has 4 nitrogen and oxygen atoms in total. The molecule has 0 aliphatic carbocycles. The summed E-state index contributed by atoms with van der Waals surface area (Å²) >= 11 is 5.73. The highest BCUT2D eigenvalue weighted by atomic mass is 35.5. The van der Waals surface area contributed by atoms with Crippen molar-refractivity contribution in [1.82, 2.24) is 0 Å². The highest BCUT2D eigenvalue weighted by molar-refractivity contribution is 7.92. The number of halogens is 2. The average molecular weight is 327 g/mol. The second-order valence-electron chi connectivity index (χ2n) is 4.81. The Kier molecular flexibility index (Phi) is 3.20. The lowest BCUT2D eigenvalue weighted by Gasteiger charge is -2.19. The Balaban J connectivity index is 2.42. The Morgan fingerprint density at radius 3 is 2.62 bits per heavy atom. The molecule has 3 rings (SSSR count). The van der Waals surface area contributed by atoms with Crippen molar-refractivity contribution in [3.05, 3.63) is 58.4 Å². The quantitative estimate of drug-likeness (QED) is 0.809. The monoisotopic (exact) mass is 326 g/mol. The lowest BCUT2D eigenvalue weighted by molar-refractivity contribution is 0.591. The van der Waals surface area contributed by atoms with Crippen LogP contribution in [0.4, 0.5) is 10.1 Å². The van der Waals surface area contributed by atoms with Crippen molar-refractivity contribution in [3.8, 4) is 0 Å². The number of nitrogens with zero attached hydrogens (tertiary/aromatic N) is 1. The fourth-order valence-electron chi connectivity index (χ4n) is 2.49. The maximum absolute atomic E-state index is 13.7. The normalized spacial score (nSPS) is 19.6. The number of hydrogen-bond acceptors (Lipinski definition) is 3. The first kappa shape index (κ1) is 14.3. The number of anilines is 1. The molecule has 21 heavy (non-hydrogen) atoms. The van der Waals surface area contributed by atoms with Gasteiger partial charge in [0.25, 0.3) is 10.0 Å². The molecule has 1 unspecified atom stereocenters. The van der Waals surface area contributed by atoms with Crippen molar-refractivity contribution in [1.29, 1.82) is 0 Å². The summed E-state index contributed by atoms with van der Waals surface area (Å²) in [6, 6.07) is 8.34. The summed E-state index contributed by atoms with van der Waals surface area (Å²) in [6.45, 7) is 0. The van der Waals surface area contributed by atoms with Gasteiger partial charge in [-0.2, -0.15) is 0 Å². The van der Waals surface area contributed by atoms with Gasteiger partial charge < -0.3 is 5.73 Å². The highest BCUT2D eigenvalue weighted by Gasteiger charge is 2.34. The van der Waals surface area contributed by atoms with Crippen LogP contribution >= 0.6 is 11.6 Å². The summed E-state index contributed by atoms with van der Waals surface area (Å²) in [5.74, 6) is -0.692. The number of fused-ring (bicyclic) bond motifs is 2. The summed E-state index contributed by atoms with van der Waals surface area (Å²) in [5, 5.41) is -0.246. The van der Waals surface area contributed by atoms with Crippen LogP contribution in [0.2, 0.25) is 5.02 Å². The molecule has 0 saturated carbocycles. The Hall–Kier alpha value is -1.63. The first-order valence-electron chi connectivity index (χ1n) is 6.16. The summed E-state index contributed by atoms with van der Waals surface area (Å²) in [4.78, 5) is -0.0694. The van der Waals surface area contributed by atoms with Crippen molar-refractivity contribution in [2.75, 3.05) is 11.4 Å². The second kappa shape index (κ2) is 4.69. The van der Waals surface area contributed by atoms with Crippen LogP contribution in [0.3, 0.4) is 0 Å². The number of rotatable bonds is 0. The Morgan fingerprint density at radius 1 is 1.24 bits per heavy atom. The molecule has 0 bridgehead atoms. The van der Waals surface area contributed by atoms with Crippen LogP contribution < -0.4 is 10.0 Å². The molecule has 110 valence electrons. The molecule has 1 heterocycles. The van der Waals surface area contributed by atoms with Crippen molar-refractivity contribution in [3.63, 3.8) is 0 Å². The van der Waals surface area contributed by atoms with E-state index in [1.807, 2.05) is 0 Å². The SMILES string of the molecule is CN1c2ccccc2C(N)c2cc(F)c(Cl)cc2S1(=O)=O. The molecule has 7 heteroatoms. The third kappa shape index (κ3) is 2.02. The predicted molar refractivity (Wildman–Crippen MR) is 79.5 cm³/mol. The molecule has 2 N–H and O–H groups in total. The predicted octanol–water partition coefficient (Wildman–Crippen LogP) is 2.67. The van der Waals surface area contributed by atoms with Gasteiger partial charge in [0.05, 0.1) is 21.6 Å². The van der Waals surface area contributed by atoms with Gasteiger partial charge in [-0.15, -0.1) is 0 Å². The summed E-state index contributed by atoms with van der Waals surface area (Å²) in [7, 11) is -2.40. The minimum absolute atomic E-state index is 0.0694. The molecule has 0 radical (unpaired) electrons. The molecule has 2 aromatic carbocycles. The minimum Gasteiger partial charge on any atom is -0.320 e. The minimum atomic E-state index is -3.84. The third-order valence-electron chi connectivity index (χ3n) is 3.64. The van der Waals surface area contributed by atoms with Gasteiger partial charge in [0.2, 0.25) is 0 Å². The van der Waals surface area contributed by atoms with Crippen LogP contribution in [-0.2, 0) is 10.0 Å². The zero-order valence-electron chi connectivity index (χ0n) is 11.0. The van der Waals surface area contributed by atoms with Gasteiger partial charge >= 0.3 is 0 Å². The Morgan fingerprint density at radius 2 is 1.90 bits per heavy atom. The molecule has 0 aromatic heterocycles. The fraction of sp³-hybridized carbons (Fsp3) is 0.143. The largest absolute Gasteiger partial charge is 0.320 e. The molecular weight excluding hydrogens is 315 g/mol. The number of hydrogen-bond donors (Lipinski definition) is 1. The van der Waals surface area contributed by atoms with Gasteiger partial charge in [-0.3, -0.25) is 4.31 Å².